The SMILES string of the molecule is CC(=O)NC1C(OCCOCCNC(=O)CCC(NC(=O)CCC(CC(=O)C2CCC(OP(=O)([O-])C(C)C)CC2)C(=O)NCCOCCOC2OC(CO)C(O)C(O)C2NC(C)=O)C(=O)NCCOCCOC2OC(CO)C(O)C(O)C2NC(C)=O)OC(CO)C(O)C1O. The highest BCUT2D eigenvalue weighted by molar-refractivity contribution is 7.52. The summed E-state index contributed by atoms with van der Waals surface area (Å²) >= 11 is 0. The highest BCUT2D eigenvalue weighted by Crippen LogP contribution is 2.46. The minimum atomic E-state index is -4.15. The molecule has 0 aromatic carbocycles. The van der Waals surface area contributed by atoms with Gasteiger partial charge in [0.25, 0.3) is 0 Å². The fourth-order valence-electron chi connectivity index (χ4n) is 10.6. The maximum absolute atomic E-state index is 13.9. The predicted molar refractivity (Wildman–Crippen MR) is 319 cm³/mol. The topological polar surface area (TPSA) is 535 Å². The zero-order valence-corrected chi connectivity index (χ0v) is 54.5. The molecular formula is C57H99N7O29P-. The molecule has 1 aliphatic carbocycles. The van der Waals surface area contributed by atoms with Gasteiger partial charge in [0.2, 0.25) is 41.4 Å². The smallest absolute Gasteiger partial charge is 0.242 e. The van der Waals surface area contributed by atoms with E-state index in [1.807, 2.05) is 0 Å². The summed E-state index contributed by atoms with van der Waals surface area (Å²) in [4.78, 5) is 116. The highest BCUT2D eigenvalue weighted by Gasteiger charge is 2.48. The molecule has 4 rings (SSSR count). The monoisotopic (exact) mass is 1380 g/mol. The molecule has 4 aliphatic rings. The van der Waals surface area contributed by atoms with Crippen molar-refractivity contribution >= 4 is 54.7 Å². The number of ether oxygens (including phenoxy) is 9. The third-order valence-corrected chi connectivity index (χ3v) is 17.7. The normalized spacial score (nSPS) is 30.0. The molecule has 18 atom stereocenters. The Labute approximate surface area is 544 Å². The number of ketones is 1. The van der Waals surface area contributed by atoms with Crippen molar-refractivity contribution in [2.24, 2.45) is 11.8 Å². The Morgan fingerprint density at radius 1 is 0.511 bits per heavy atom. The lowest BCUT2D eigenvalue weighted by molar-refractivity contribution is -0.272. The van der Waals surface area contributed by atoms with Crippen molar-refractivity contribution in [3.8, 4) is 0 Å². The molecule has 1 saturated carbocycles. The Balaban J connectivity index is 1.37. The van der Waals surface area contributed by atoms with Crippen LogP contribution in [0.5, 0.6) is 0 Å². The average molecular weight is 1380 g/mol. The molecule has 37 heteroatoms. The van der Waals surface area contributed by atoms with Crippen molar-refractivity contribution in [2.75, 3.05) is 98.9 Å². The van der Waals surface area contributed by atoms with E-state index in [0.717, 1.165) is 0 Å². The van der Waals surface area contributed by atoms with Gasteiger partial charge in [-0.3, -0.25) is 38.4 Å². The van der Waals surface area contributed by atoms with E-state index in [0.29, 0.717) is 0 Å². The Bertz CT molecular complexity index is 2400. The third-order valence-electron chi connectivity index (χ3n) is 15.8. The Morgan fingerprint density at radius 2 is 0.894 bits per heavy atom. The molecule has 0 spiro atoms. The van der Waals surface area contributed by atoms with E-state index in [9.17, 15) is 93.8 Å². The van der Waals surface area contributed by atoms with E-state index in [1.54, 1.807) is 0 Å². The van der Waals surface area contributed by atoms with Crippen LogP contribution in [0.2, 0.25) is 0 Å². The second-order valence-electron chi connectivity index (χ2n) is 23.5. The van der Waals surface area contributed by atoms with Gasteiger partial charge in [-0.25, -0.2) is 0 Å². The van der Waals surface area contributed by atoms with Gasteiger partial charge in [0.05, 0.1) is 85.4 Å². The van der Waals surface area contributed by atoms with Crippen molar-refractivity contribution in [3.63, 3.8) is 0 Å². The zero-order valence-electron chi connectivity index (χ0n) is 53.7. The molecule has 542 valence electrons. The van der Waals surface area contributed by atoms with Gasteiger partial charge in [0.15, 0.2) is 18.9 Å². The summed E-state index contributed by atoms with van der Waals surface area (Å²) in [6.45, 7) is 3.34. The summed E-state index contributed by atoms with van der Waals surface area (Å²) in [5, 5.41) is 109. The van der Waals surface area contributed by atoms with Gasteiger partial charge in [0, 0.05) is 77.2 Å². The molecule has 0 bridgehead atoms. The molecule has 0 aromatic heterocycles. The summed E-state index contributed by atoms with van der Waals surface area (Å²) in [6, 6.07) is -4.91. The van der Waals surface area contributed by atoms with Crippen molar-refractivity contribution in [1.29, 1.82) is 0 Å². The fourth-order valence-corrected chi connectivity index (χ4v) is 11.5. The van der Waals surface area contributed by atoms with E-state index in [-0.39, 0.29) is 136 Å². The number of Topliss-reactive ketones (excluding diaryl/α,β-unsaturated/α-hetero) is 1. The van der Waals surface area contributed by atoms with E-state index in [1.165, 1.54) is 34.6 Å². The summed E-state index contributed by atoms with van der Waals surface area (Å²) in [7, 11) is -4.15. The molecule has 18 unspecified atom stereocenters. The number of hydrogen-bond acceptors (Lipinski definition) is 29. The molecule has 94 heavy (non-hydrogen) atoms. The van der Waals surface area contributed by atoms with Gasteiger partial charge in [-0.05, 0) is 38.5 Å². The molecule has 3 saturated heterocycles. The molecule has 0 radical (unpaired) electrons. The second kappa shape index (κ2) is 42.3. The minimum absolute atomic E-state index is 0.0271. The first-order valence-corrected chi connectivity index (χ1v) is 33.1. The first-order valence-electron chi connectivity index (χ1n) is 31.5. The van der Waals surface area contributed by atoms with Crippen molar-refractivity contribution < 1.29 is 141 Å². The lowest BCUT2D eigenvalue weighted by Gasteiger charge is -2.42. The summed E-state index contributed by atoms with van der Waals surface area (Å²) in [5.41, 5.74) is -0.752. The van der Waals surface area contributed by atoms with Crippen molar-refractivity contribution in [2.45, 2.75) is 202 Å². The Kier molecular flexibility index (Phi) is 36.8. The summed E-state index contributed by atoms with van der Waals surface area (Å²) in [5.74, 6) is -6.26. The number of nitrogens with one attached hydrogen (secondary N) is 7. The fraction of sp³-hybridized carbons (Fsp3) is 0.860. The van der Waals surface area contributed by atoms with Crippen LogP contribution in [0.15, 0.2) is 0 Å². The molecule has 4 fully saturated rings. The standard InChI is InChI=1S/C57H100N7O29P/c1-30(2)94(82,83)93-36-9-6-34(7-10-36)38(71)26-35(53(80)59-15-18-85-21-24-88-56-45(62-32(4)69)51(78)48(75)40(28-66)91-56)8-12-43(73)64-37(54(81)60-16-19-86-22-25-89-57-46(63-33(5)70)52(79)49(76)41(29-67)92-57)11-13-42(72)58-14-17-84-20-23-87-55-44(61-31(3)68)50(77)47(74)39(27-65)90-55/h30,34-37,39-41,44-52,55-57,65-67,74-79H,6-29H2,1-5H3,(H,58,72)(H,59,80)(H,60,81)(H,61,68)(H,62,69)(H,63,70)(H,64,73)(H,82,83)/p-1. The van der Waals surface area contributed by atoms with Gasteiger partial charge in [-0.15, -0.1) is 0 Å². The van der Waals surface area contributed by atoms with Gasteiger partial charge in [0.1, 0.15) is 92.5 Å². The first kappa shape index (κ1) is 81.8. The molecule has 7 amide bonds. The van der Waals surface area contributed by atoms with Crippen LogP contribution in [0.4, 0.5) is 0 Å². The quantitative estimate of drug-likeness (QED) is 0.0199. The van der Waals surface area contributed by atoms with Crippen LogP contribution < -0.4 is 42.1 Å². The second-order valence-corrected chi connectivity index (χ2v) is 25.8. The molecule has 3 aliphatic heterocycles. The number of aliphatic hydroxyl groups excluding tert-OH is 9. The number of hydrogen-bond donors (Lipinski definition) is 16. The van der Waals surface area contributed by atoms with Gasteiger partial charge >= 0.3 is 0 Å². The molecule has 3 heterocycles. The van der Waals surface area contributed by atoms with E-state index in [2.05, 4.69) is 37.2 Å². The van der Waals surface area contributed by atoms with E-state index in [4.69, 9.17) is 47.2 Å². The number of rotatable bonds is 42. The molecular weight excluding hydrogens is 1280 g/mol. The average Bonchev–Trinajstić information content (AvgIpc) is 0.828. The summed E-state index contributed by atoms with van der Waals surface area (Å²) < 4.78 is 68.2. The minimum Gasteiger partial charge on any atom is -0.778 e. The Morgan fingerprint density at radius 3 is 1.28 bits per heavy atom. The van der Waals surface area contributed by atoms with Crippen LogP contribution in [-0.4, -0.2) is 302 Å². The van der Waals surface area contributed by atoms with Crippen molar-refractivity contribution in [1.82, 2.24) is 37.2 Å². The van der Waals surface area contributed by atoms with Crippen molar-refractivity contribution in [3.05, 3.63) is 0 Å². The summed E-state index contributed by atoms with van der Waals surface area (Å²) in [6.07, 6.45) is -17.7. The zero-order chi connectivity index (χ0) is 69.7. The maximum atomic E-state index is 13.9. The van der Waals surface area contributed by atoms with Crippen LogP contribution in [-0.2, 0) is 90.1 Å². The number of carbonyl (C=O) groups excluding carboxylic acids is 8. The van der Waals surface area contributed by atoms with Crippen LogP contribution >= 0.6 is 7.60 Å². The predicted octanol–water partition coefficient (Wildman–Crippen LogP) is -7.58. The van der Waals surface area contributed by atoms with Crippen LogP contribution in [0.3, 0.4) is 0 Å². The first-order chi connectivity index (χ1) is 44.6. The van der Waals surface area contributed by atoms with E-state index >= 15 is 0 Å². The van der Waals surface area contributed by atoms with Crippen LogP contribution in [0.25, 0.3) is 0 Å². The highest BCUT2D eigenvalue weighted by atomic mass is 31.2. The van der Waals surface area contributed by atoms with E-state index < -0.39 is 197 Å². The third kappa shape index (κ3) is 27.4. The maximum Gasteiger partial charge on any atom is 0.242 e. The Hall–Kier alpha value is -4.61. The lowest BCUT2D eigenvalue weighted by atomic mass is 9.81. The van der Waals surface area contributed by atoms with Crippen LogP contribution in [0.1, 0.15) is 92.4 Å². The molecule has 0 aromatic rings. The van der Waals surface area contributed by atoms with Crippen LogP contribution in [0, 0.1) is 11.8 Å². The lowest BCUT2D eigenvalue weighted by Crippen LogP contribution is -2.64. The molecule has 16 N–H and O–H groups in total. The van der Waals surface area contributed by atoms with Gasteiger partial charge < -0.3 is 140 Å². The van der Waals surface area contributed by atoms with Gasteiger partial charge in [-0.2, -0.15) is 0 Å². The number of carbonyl (C=O) groups is 8. The number of aliphatic hydroxyl groups is 9. The van der Waals surface area contributed by atoms with Gasteiger partial charge in [-0.1, -0.05) is 13.8 Å². The molecule has 36 nitrogen and oxygen atoms in total. The number of amides is 7. The largest absolute Gasteiger partial charge is 0.778 e.